The molecule has 24 heavy (non-hydrogen) atoms. The van der Waals surface area contributed by atoms with Gasteiger partial charge in [0.05, 0.1) is 12.7 Å². The van der Waals surface area contributed by atoms with Crippen molar-refractivity contribution in [2.75, 3.05) is 11.9 Å². The van der Waals surface area contributed by atoms with Crippen molar-refractivity contribution in [2.24, 2.45) is 12.5 Å². The topological polar surface area (TPSA) is 75.9 Å². The molecule has 3 heterocycles. The van der Waals surface area contributed by atoms with Gasteiger partial charge >= 0.3 is 6.03 Å². The minimum Gasteiger partial charge on any atom is -0.319 e. The van der Waals surface area contributed by atoms with E-state index in [9.17, 15) is 4.79 Å². The van der Waals surface area contributed by atoms with Crippen molar-refractivity contribution in [3.63, 3.8) is 0 Å². The van der Waals surface area contributed by atoms with Gasteiger partial charge in [0.25, 0.3) is 0 Å². The number of hydrogen-bond donors (Lipinski definition) is 1. The maximum atomic E-state index is 12.7. The lowest BCUT2D eigenvalue weighted by molar-refractivity contribution is 0.180. The number of anilines is 1. The molecule has 0 fully saturated rings. The Bertz CT molecular complexity index is 748. The molecule has 0 aliphatic carbocycles. The number of rotatable bonds is 2. The van der Waals surface area contributed by atoms with Gasteiger partial charge < -0.3 is 4.90 Å². The number of hydrogen-bond acceptors (Lipinski definition) is 5. The van der Waals surface area contributed by atoms with E-state index in [2.05, 4.69) is 33.6 Å². The smallest absolute Gasteiger partial charge is 0.319 e. The largest absolute Gasteiger partial charge is 0.324 e. The molecular weight excluding hydrogens is 324 g/mol. The van der Waals surface area contributed by atoms with E-state index < -0.39 is 0 Å². The summed E-state index contributed by atoms with van der Waals surface area (Å²) in [5, 5.41) is 7.79. The van der Waals surface area contributed by atoms with E-state index in [4.69, 9.17) is 0 Å². The molecule has 0 saturated carbocycles. The number of urea groups is 1. The molecule has 0 saturated heterocycles. The van der Waals surface area contributed by atoms with Gasteiger partial charge in [-0.3, -0.25) is 10.00 Å². The van der Waals surface area contributed by atoms with E-state index in [0.29, 0.717) is 18.2 Å². The van der Waals surface area contributed by atoms with Crippen LogP contribution in [0.4, 0.5) is 9.93 Å². The number of carbonyl (C=O) groups excluding carboxylic acids is 1. The third kappa shape index (κ3) is 3.43. The minimum absolute atomic E-state index is 0.0133. The van der Waals surface area contributed by atoms with Gasteiger partial charge in [0.1, 0.15) is 5.82 Å². The molecule has 1 N–H and O–H groups in total. The summed E-state index contributed by atoms with van der Waals surface area (Å²) in [6, 6.07) is -0.133. The fourth-order valence-corrected chi connectivity index (χ4v) is 3.69. The van der Waals surface area contributed by atoms with Crippen LogP contribution >= 0.6 is 11.5 Å². The zero-order valence-electron chi connectivity index (χ0n) is 14.8. The van der Waals surface area contributed by atoms with Gasteiger partial charge in [-0.1, -0.05) is 27.7 Å². The Morgan fingerprint density at radius 3 is 2.83 bits per heavy atom. The maximum Gasteiger partial charge on any atom is 0.324 e. The highest BCUT2D eigenvalue weighted by Crippen LogP contribution is 2.30. The number of carbonyl (C=O) groups is 1. The van der Waals surface area contributed by atoms with Crippen molar-refractivity contribution < 1.29 is 4.79 Å². The van der Waals surface area contributed by atoms with E-state index in [1.807, 2.05) is 36.7 Å². The van der Waals surface area contributed by atoms with E-state index in [-0.39, 0.29) is 17.4 Å². The lowest BCUT2D eigenvalue weighted by Crippen LogP contribution is -2.40. The van der Waals surface area contributed by atoms with Crippen molar-refractivity contribution in [3.05, 3.63) is 23.3 Å². The second-order valence-corrected chi connectivity index (χ2v) is 8.23. The molecule has 0 bridgehead atoms. The molecule has 0 aromatic carbocycles. The summed E-state index contributed by atoms with van der Waals surface area (Å²) in [5.41, 5.74) is 2.30. The molecule has 130 valence electrons. The normalized spacial score (nSPS) is 16.8. The average molecular weight is 348 g/mol. The van der Waals surface area contributed by atoms with E-state index in [0.717, 1.165) is 17.8 Å². The molecule has 2 aromatic rings. The molecule has 7 nitrogen and oxygen atoms in total. The second kappa shape index (κ2) is 6.16. The standard InChI is InChI=1S/C16H24N6OS/c1-10(2)13-18-14(24-20-13)19-15(23)22-8-11-7-17-21(5)12(11)6-16(3,4)9-22/h7,10H,6,8-9H2,1-5H3,(H,18,19,20,23). The van der Waals surface area contributed by atoms with Gasteiger partial charge in [-0.2, -0.15) is 9.47 Å². The van der Waals surface area contributed by atoms with Gasteiger partial charge in [0, 0.05) is 42.3 Å². The number of amides is 2. The molecule has 8 heteroatoms. The first-order valence-electron chi connectivity index (χ1n) is 8.14. The van der Waals surface area contributed by atoms with Gasteiger partial charge in [0.2, 0.25) is 5.13 Å². The lowest BCUT2D eigenvalue weighted by atomic mass is 9.87. The fraction of sp³-hybridized carbons (Fsp3) is 0.625. The van der Waals surface area contributed by atoms with Gasteiger partial charge in [0.15, 0.2) is 0 Å². The van der Waals surface area contributed by atoms with Gasteiger partial charge in [-0.15, -0.1) is 0 Å². The van der Waals surface area contributed by atoms with Crippen molar-refractivity contribution >= 4 is 22.7 Å². The molecule has 3 rings (SSSR count). The summed E-state index contributed by atoms with van der Waals surface area (Å²) in [5.74, 6) is 1.02. The first-order valence-corrected chi connectivity index (χ1v) is 8.92. The molecule has 0 unspecified atom stereocenters. The predicted molar refractivity (Wildman–Crippen MR) is 94.1 cm³/mol. The van der Waals surface area contributed by atoms with E-state index in [1.165, 1.54) is 17.2 Å². The second-order valence-electron chi connectivity index (χ2n) is 7.48. The maximum absolute atomic E-state index is 12.7. The zero-order chi connectivity index (χ0) is 17.5. The molecular formula is C16H24N6OS. The summed E-state index contributed by atoms with van der Waals surface area (Å²) in [6.45, 7) is 9.68. The van der Waals surface area contributed by atoms with Crippen LogP contribution in [-0.2, 0) is 20.0 Å². The minimum atomic E-state index is -0.133. The first kappa shape index (κ1) is 16.9. The summed E-state index contributed by atoms with van der Waals surface area (Å²) >= 11 is 1.23. The highest BCUT2D eigenvalue weighted by Gasteiger charge is 2.32. The fourth-order valence-electron chi connectivity index (χ4n) is 2.99. The Balaban J connectivity index is 1.78. The number of nitrogens with zero attached hydrogens (tertiary/aromatic N) is 5. The van der Waals surface area contributed by atoms with Crippen LogP contribution in [0.1, 0.15) is 50.7 Å². The van der Waals surface area contributed by atoms with Gasteiger partial charge in [-0.25, -0.2) is 9.78 Å². The van der Waals surface area contributed by atoms with Crippen LogP contribution in [0.2, 0.25) is 0 Å². The summed E-state index contributed by atoms with van der Waals surface area (Å²) in [6.07, 6.45) is 2.76. The molecule has 1 aliphatic heterocycles. The Morgan fingerprint density at radius 2 is 2.17 bits per heavy atom. The molecule has 1 aliphatic rings. The molecule has 0 atom stereocenters. The predicted octanol–water partition coefficient (Wildman–Crippen LogP) is 3.01. The Labute approximate surface area is 146 Å². The first-order chi connectivity index (χ1) is 11.2. The highest BCUT2D eigenvalue weighted by molar-refractivity contribution is 7.09. The molecule has 0 radical (unpaired) electrons. The van der Waals surface area contributed by atoms with Crippen LogP contribution < -0.4 is 5.32 Å². The van der Waals surface area contributed by atoms with Crippen molar-refractivity contribution in [1.29, 1.82) is 0 Å². The Morgan fingerprint density at radius 1 is 1.42 bits per heavy atom. The highest BCUT2D eigenvalue weighted by atomic mass is 32.1. The third-order valence-corrected chi connectivity index (χ3v) is 4.88. The zero-order valence-corrected chi connectivity index (χ0v) is 15.6. The van der Waals surface area contributed by atoms with Crippen LogP contribution in [0.15, 0.2) is 6.20 Å². The van der Waals surface area contributed by atoms with Crippen molar-refractivity contribution in [3.8, 4) is 0 Å². The number of aromatic nitrogens is 4. The summed E-state index contributed by atoms with van der Waals surface area (Å²) in [4.78, 5) is 19.0. The molecule has 2 amide bonds. The number of fused-ring (bicyclic) bond motifs is 1. The average Bonchev–Trinajstić information content (AvgIpc) is 3.04. The SMILES string of the molecule is CC(C)c1nsc(NC(=O)N2Cc3cnn(C)c3CC(C)(C)C2)n1. The van der Waals surface area contributed by atoms with Gasteiger partial charge in [-0.05, 0) is 11.8 Å². The van der Waals surface area contributed by atoms with Crippen molar-refractivity contribution in [2.45, 2.75) is 46.6 Å². The number of nitrogens with one attached hydrogen (secondary N) is 1. The van der Waals surface area contributed by atoms with Crippen LogP contribution in [0.25, 0.3) is 0 Å². The quantitative estimate of drug-likeness (QED) is 0.905. The monoisotopic (exact) mass is 348 g/mol. The van der Waals surface area contributed by atoms with E-state index in [1.54, 1.807) is 0 Å². The third-order valence-electron chi connectivity index (χ3n) is 4.23. The summed E-state index contributed by atoms with van der Waals surface area (Å²) in [7, 11) is 1.96. The van der Waals surface area contributed by atoms with Crippen molar-refractivity contribution in [1.82, 2.24) is 24.0 Å². The summed E-state index contributed by atoms with van der Waals surface area (Å²) < 4.78 is 6.20. The molecule has 0 spiro atoms. The molecule has 2 aromatic heterocycles. The Kier molecular flexibility index (Phi) is 4.33. The van der Waals surface area contributed by atoms with Crippen LogP contribution in [0, 0.1) is 5.41 Å². The van der Waals surface area contributed by atoms with E-state index >= 15 is 0 Å². The van der Waals surface area contributed by atoms with Crippen LogP contribution in [0.5, 0.6) is 0 Å². The van der Waals surface area contributed by atoms with Crippen LogP contribution in [0.3, 0.4) is 0 Å². The van der Waals surface area contributed by atoms with Crippen LogP contribution in [-0.4, -0.2) is 36.6 Å². The Hall–Kier alpha value is -1.96. The lowest BCUT2D eigenvalue weighted by Gasteiger charge is -2.29. The number of aryl methyl sites for hydroxylation is 1.